The molecule has 1 aromatic rings. The average molecular weight is 241 g/mol. The van der Waals surface area contributed by atoms with Crippen molar-refractivity contribution in [3.05, 3.63) is 34.9 Å². The molecule has 0 saturated heterocycles. The van der Waals surface area contributed by atoms with Crippen molar-refractivity contribution in [2.24, 2.45) is 11.7 Å². The van der Waals surface area contributed by atoms with Crippen LogP contribution in [0.3, 0.4) is 0 Å². The monoisotopic (exact) mass is 240 g/mol. The van der Waals surface area contributed by atoms with Gasteiger partial charge in [0.05, 0.1) is 0 Å². The molecule has 2 nitrogen and oxygen atoms in total. The predicted octanol–water partition coefficient (Wildman–Crippen LogP) is 2.93. The molecule has 0 aliphatic carbocycles. The Morgan fingerprint density at radius 3 is 2.50 bits per heavy atom. The lowest BCUT2D eigenvalue weighted by molar-refractivity contribution is 0.229. The number of nitrogens with zero attached hydrogens (tertiary/aromatic N) is 1. The van der Waals surface area contributed by atoms with Gasteiger partial charge in [-0.3, -0.25) is 4.90 Å². The van der Waals surface area contributed by atoms with Crippen LogP contribution in [0.2, 0.25) is 5.02 Å². The molecular weight excluding hydrogens is 220 g/mol. The molecule has 0 fully saturated rings. The van der Waals surface area contributed by atoms with Crippen molar-refractivity contribution >= 4 is 11.6 Å². The molecule has 0 aromatic heterocycles. The van der Waals surface area contributed by atoms with Gasteiger partial charge < -0.3 is 5.73 Å². The molecule has 90 valence electrons. The van der Waals surface area contributed by atoms with Gasteiger partial charge in [0.15, 0.2) is 0 Å². The second kappa shape index (κ2) is 6.24. The SMILES string of the molecule is CC(CN)CN(C)C(C)c1ccccc1Cl. The zero-order chi connectivity index (χ0) is 12.1. The molecule has 0 amide bonds. The van der Waals surface area contributed by atoms with Crippen molar-refractivity contribution in [2.45, 2.75) is 19.9 Å². The first-order valence-electron chi connectivity index (χ1n) is 5.71. The number of halogens is 1. The molecule has 16 heavy (non-hydrogen) atoms. The van der Waals surface area contributed by atoms with Crippen LogP contribution >= 0.6 is 11.6 Å². The Morgan fingerprint density at radius 1 is 1.31 bits per heavy atom. The minimum Gasteiger partial charge on any atom is -0.330 e. The molecule has 0 bridgehead atoms. The largest absolute Gasteiger partial charge is 0.330 e. The third-order valence-corrected chi connectivity index (χ3v) is 3.36. The third-order valence-electron chi connectivity index (χ3n) is 3.02. The van der Waals surface area contributed by atoms with Crippen LogP contribution in [0.1, 0.15) is 25.5 Å². The Bertz CT molecular complexity index is 327. The summed E-state index contributed by atoms with van der Waals surface area (Å²) in [6, 6.07) is 8.33. The number of benzene rings is 1. The Morgan fingerprint density at radius 2 is 1.94 bits per heavy atom. The van der Waals surface area contributed by atoms with Crippen LogP contribution in [-0.2, 0) is 0 Å². The maximum atomic E-state index is 6.18. The molecule has 2 unspecified atom stereocenters. The lowest BCUT2D eigenvalue weighted by Crippen LogP contribution is -2.30. The van der Waals surface area contributed by atoms with Gasteiger partial charge in [0.25, 0.3) is 0 Å². The minimum absolute atomic E-state index is 0.322. The zero-order valence-corrected chi connectivity index (χ0v) is 11.0. The van der Waals surface area contributed by atoms with E-state index < -0.39 is 0 Å². The van der Waals surface area contributed by atoms with E-state index in [1.54, 1.807) is 0 Å². The lowest BCUT2D eigenvalue weighted by Gasteiger charge is -2.28. The first-order chi connectivity index (χ1) is 7.56. The fourth-order valence-corrected chi connectivity index (χ4v) is 2.07. The molecule has 0 radical (unpaired) electrons. The van der Waals surface area contributed by atoms with E-state index in [2.05, 4.69) is 31.9 Å². The van der Waals surface area contributed by atoms with Crippen molar-refractivity contribution in [2.75, 3.05) is 20.1 Å². The normalized spacial score (nSPS) is 15.1. The Kier molecular flexibility index (Phi) is 5.26. The molecule has 2 atom stereocenters. The van der Waals surface area contributed by atoms with Gasteiger partial charge in [-0.15, -0.1) is 0 Å². The van der Waals surface area contributed by atoms with E-state index in [0.717, 1.165) is 18.1 Å². The van der Waals surface area contributed by atoms with Gasteiger partial charge in [-0.05, 0) is 38.1 Å². The van der Waals surface area contributed by atoms with Gasteiger partial charge in [-0.2, -0.15) is 0 Å². The van der Waals surface area contributed by atoms with Crippen LogP contribution in [0.4, 0.5) is 0 Å². The smallest absolute Gasteiger partial charge is 0.0453 e. The average Bonchev–Trinajstić information content (AvgIpc) is 2.28. The van der Waals surface area contributed by atoms with E-state index in [0.29, 0.717) is 12.0 Å². The summed E-state index contributed by atoms with van der Waals surface area (Å²) >= 11 is 6.18. The van der Waals surface area contributed by atoms with E-state index in [9.17, 15) is 0 Å². The van der Waals surface area contributed by atoms with E-state index in [4.69, 9.17) is 17.3 Å². The minimum atomic E-state index is 0.322. The van der Waals surface area contributed by atoms with Crippen molar-refractivity contribution < 1.29 is 0 Å². The highest BCUT2D eigenvalue weighted by atomic mass is 35.5. The van der Waals surface area contributed by atoms with Crippen LogP contribution in [0.5, 0.6) is 0 Å². The van der Waals surface area contributed by atoms with E-state index in [1.165, 1.54) is 5.56 Å². The van der Waals surface area contributed by atoms with Gasteiger partial charge in [0.2, 0.25) is 0 Å². The molecule has 1 rings (SSSR count). The Balaban J connectivity index is 2.70. The van der Waals surface area contributed by atoms with Crippen molar-refractivity contribution in [3.63, 3.8) is 0 Å². The third kappa shape index (κ3) is 3.48. The standard InChI is InChI=1S/C13H21ClN2/c1-10(8-15)9-16(3)11(2)12-6-4-5-7-13(12)14/h4-7,10-11H,8-9,15H2,1-3H3. The number of rotatable bonds is 5. The Labute approximate surface area is 103 Å². The van der Waals surface area contributed by atoms with Gasteiger partial charge in [0, 0.05) is 17.6 Å². The second-order valence-corrected chi connectivity index (χ2v) is 4.89. The molecule has 0 heterocycles. The zero-order valence-electron chi connectivity index (χ0n) is 10.3. The second-order valence-electron chi connectivity index (χ2n) is 4.48. The molecule has 2 N–H and O–H groups in total. The maximum absolute atomic E-state index is 6.18. The lowest BCUT2D eigenvalue weighted by atomic mass is 10.1. The van der Waals surface area contributed by atoms with Gasteiger partial charge >= 0.3 is 0 Å². The topological polar surface area (TPSA) is 29.3 Å². The number of nitrogens with two attached hydrogens (primary N) is 1. The van der Waals surface area contributed by atoms with Gasteiger partial charge in [0.1, 0.15) is 0 Å². The number of hydrogen-bond acceptors (Lipinski definition) is 2. The van der Waals surface area contributed by atoms with Crippen LogP contribution in [0.15, 0.2) is 24.3 Å². The highest BCUT2D eigenvalue weighted by Crippen LogP contribution is 2.26. The fraction of sp³-hybridized carbons (Fsp3) is 0.538. The van der Waals surface area contributed by atoms with Crippen LogP contribution in [0, 0.1) is 5.92 Å². The molecule has 0 aliphatic rings. The van der Waals surface area contributed by atoms with Gasteiger partial charge in [-0.1, -0.05) is 36.7 Å². The summed E-state index contributed by atoms with van der Waals surface area (Å²) in [5.74, 6) is 0.509. The highest BCUT2D eigenvalue weighted by molar-refractivity contribution is 6.31. The quantitative estimate of drug-likeness (QED) is 0.858. The first kappa shape index (κ1) is 13.5. The Hall–Kier alpha value is -0.570. The van der Waals surface area contributed by atoms with Crippen LogP contribution < -0.4 is 5.73 Å². The summed E-state index contributed by atoms with van der Waals surface area (Å²) in [7, 11) is 2.11. The van der Waals surface area contributed by atoms with Crippen molar-refractivity contribution in [1.29, 1.82) is 0 Å². The predicted molar refractivity (Wildman–Crippen MR) is 70.7 cm³/mol. The molecule has 3 heteroatoms. The van der Waals surface area contributed by atoms with Gasteiger partial charge in [-0.25, -0.2) is 0 Å². The van der Waals surface area contributed by atoms with Crippen LogP contribution in [0.25, 0.3) is 0 Å². The van der Waals surface area contributed by atoms with Crippen LogP contribution in [-0.4, -0.2) is 25.0 Å². The summed E-state index contributed by atoms with van der Waals surface area (Å²) in [6.07, 6.45) is 0. The summed E-state index contributed by atoms with van der Waals surface area (Å²) in [6.45, 7) is 6.04. The van der Waals surface area contributed by atoms with E-state index in [-0.39, 0.29) is 0 Å². The van der Waals surface area contributed by atoms with E-state index in [1.807, 2.05) is 18.2 Å². The highest BCUT2D eigenvalue weighted by Gasteiger charge is 2.15. The molecule has 0 spiro atoms. The van der Waals surface area contributed by atoms with E-state index >= 15 is 0 Å². The van der Waals surface area contributed by atoms with Crippen molar-refractivity contribution in [3.8, 4) is 0 Å². The molecule has 0 saturated carbocycles. The molecule has 0 aliphatic heterocycles. The molecular formula is C13H21ClN2. The van der Waals surface area contributed by atoms with Crippen molar-refractivity contribution in [1.82, 2.24) is 4.90 Å². The fourth-order valence-electron chi connectivity index (χ4n) is 1.78. The molecule has 1 aromatic carbocycles. The maximum Gasteiger partial charge on any atom is 0.0453 e. The summed E-state index contributed by atoms with van der Waals surface area (Å²) < 4.78 is 0. The number of hydrogen-bond donors (Lipinski definition) is 1. The summed E-state index contributed by atoms with van der Waals surface area (Å²) in [4.78, 5) is 2.29. The summed E-state index contributed by atoms with van der Waals surface area (Å²) in [5.41, 5.74) is 6.81. The first-order valence-corrected chi connectivity index (χ1v) is 6.08. The summed E-state index contributed by atoms with van der Waals surface area (Å²) in [5, 5.41) is 0.835.